The fourth-order valence-electron chi connectivity index (χ4n) is 2.64. The molecule has 25 heavy (non-hydrogen) atoms. The minimum Gasteiger partial charge on any atom is -0.480 e. The number of aryl methyl sites for hydroxylation is 1. The molecule has 2 aromatic carbocycles. The number of para-hydroxylation sites is 1. The van der Waals surface area contributed by atoms with Crippen LogP contribution in [0, 0.1) is 0 Å². The molecule has 5 heteroatoms. The Morgan fingerprint density at radius 3 is 2.44 bits per heavy atom. The molecule has 1 amide bonds. The van der Waals surface area contributed by atoms with Crippen molar-refractivity contribution in [1.82, 2.24) is 10.3 Å². The van der Waals surface area contributed by atoms with Crippen LogP contribution in [0.3, 0.4) is 0 Å². The molecule has 0 saturated heterocycles. The Hall–Kier alpha value is -3.21. The second-order valence-corrected chi connectivity index (χ2v) is 5.78. The average Bonchev–Trinajstić information content (AvgIpc) is 2.65. The van der Waals surface area contributed by atoms with Gasteiger partial charge in [0.25, 0.3) is 5.91 Å². The number of rotatable bonds is 6. The van der Waals surface area contributed by atoms with Gasteiger partial charge in [-0.2, -0.15) is 0 Å². The van der Waals surface area contributed by atoms with Gasteiger partial charge in [0.1, 0.15) is 11.7 Å². The van der Waals surface area contributed by atoms with Crippen molar-refractivity contribution in [2.75, 3.05) is 0 Å². The summed E-state index contributed by atoms with van der Waals surface area (Å²) in [4.78, 5) is 28.1. The van der Waals surface area contributed by atoms with Gasteiger partial charge in [0.05, 0.1) is 5.52 Å². The van der Waals surface area contributed by atoms with Gasteiger partial charge in [-0.25, -0.2) is 9.78 Å². The summed E-state index contributed by atoms with van der Waals surface area (Å²) in [6.45, 7) is 0. The summed E-state index contributed by atoms with van der Waals surface area (Å²) in [6.07, 6.45) is 0.891. The van der Waals surface area contributed by atoms with Gasteiger partial charge in [-0.3, -0.25) is 4.79 Å². The van der Waals surface area contributed by atoms with E-state index >= 15 is 0 Å². The summed E-state index contributed by atoms with van der Waals surface area (Å²) in [7, 11) is 0. The quantitative estimate of drug-likeness (QED) is 0.726. The number of nitrogens with one attached hydrogen (secondary N) is 1. The molecule has 0 unspecified atom stereocenters. The molecule has 1 atom stereocenters. The second-order valence-electron chi connectivity index (χ2n) is 5.78. The molecule has 0 aliphatic heterocycles. The van der Waals surface area contributed by atoms with Crippen molar-refractivity contribution in [2.24, 2.45) is 0 Å². The normalized spacial score (nSPS) is 11.8. The van der Waals surface area contributed by atoms with Crippen molar-refractivity contribution in [2.45, 2.75) is 18.9 Å². The molecule has 5 nitrogen and oxygen atoms in total. The van der Waals surface area contributed by atoms with Crippen LogP contribution in [-0.2, 0) is 11.2 Å². The molecule has 0 fully saturated rings. The summed E-state index contributed by atoms with van der Waals surface area (Å²) in [6, 6.07) is 19.5. The van der Waals surface area contributed by atoms with Gasteiger partial charge >= 0.3 is 5.97 Å². The third-order valence-corrected chi connectivity index (χ3v) is 4.00. The van der Waals surface area contributed by atoms with Crippen molar-refractivity contribution in [3.05, 3.63) is 78.0 Å². The first kappa shape index (κ1) is 16.6. The smallest absolute Gasteiger partial charge is 0.326 e. The molecular formula is C20H18N2O3. The topological polar surface area (TPSA) is 79.3 Å². The van der Waals surface area contributed by atoms with Gasteiger partial charge in [-0.1, -0.05) is 54.6 Å². The van der Waals surface area contributed by atoms with E-state index in [1.54, 1.807) is 12.1 Å². The molecule has 3 rings (SSSR count). The van der Waals surface area contributed by atoms with Crippen molar-refractivity contribution in [1.29, 1.82) is 0 Å². The SMILES string of the molecule is O=C(N[C@H](CCc1ccccc1)C(=O)O)c1ccc2ccccc2n1. The molecule has 0 saturated carbocycles. The zero-order valence-corrected chi connectivity index (χ0v) is 13.6. The predicted molar refractivity (Wildman–Crippen MR) is 95.4 cm³/mol. The summed E-state index contributed by atoms with van der Waals surface area (Å²) >= 11 is 0. The predicted octanol–water partition coefficient (Wildman–Crippen LogP) is 3.05. The number of pyridine rings is 1. The maximum atomic E-state index is 12.4. The van der Waals surface area contributed by atoms with Crippen LogP contribution in [0.25, 0.3) is 10.9 Å². The number of aliphatic carboxylic acids is 1. The summed E-state index contributed by atoms with van der Waals surface area (Å²) in [5.41, 5.74) is 1.95. The third-order valence-electron chi connectivity index (χ3n) is 4.00. The lowest BCUT2D eigenvalue weighted by Crippen LogP contribution is -2.41. The number of aromatic nitrogens is 1. The van der Waals surface area contributed by atoms with Crippen LogP contribution >= 0.6 is 0 Å². The molecule has 0 radical (unpaired) electrons. The van der Waals surface area contributed by atoms with Crippen LogP contribution in [0.4, 0.5) is 0 Å². The molecule has 0 aliphatic rings. The molecule has 1 aromatic heterocycles. The lowest BCUT2D eigenvalue weighted by molar-refractivity contribution is -0.139. The molecule has 0 aliphatic carbocycles. The van der Waals surface area contributed by atoms with E-state index in [-0.39, 0.29) is 5.69 Å². The first-order valence-corrected chi connectivity index (χ1v) is 8.07. The highest BCUT2D eigenvalue weighted by Crippen LogP contribution is 2.12. The van der Waals surface area contributed by atoms with E-state index in [4.69, 9.17) is 0 Å². The van der Waals surface area contributed by atoms with Crippen LogP contribution in [0.2, 0.25) is 0 Å². The Morgan fingerprint density at radius 2 is 1.68 bits per heavy atom. The van der Waals surface area contributed by atoms with Crippen molar-refractivity contribution in [3.63, 3.8) is 0 Å². The van der Waals surface area contributed by atoms with Crippen LogP contribution in [0.5, 0.6) is 0 Å². The zero-order valence-electron chi connectivity index (χ0n) is 13.6. The molecule has 126 valence electrons. The fraction of sp³-hybridized carbons (Fsp3) is 0.150. The van der Waals surface area contributed by atoms with Crippen LogP contribution < -0.4 is 5.32 Å². The monoisotopic (exact) mass is 334 g/mol. The van der Waals surface area contributed by atoms with Crippen molar-refractivity contribution >= 4 is 22.8 Å². The molecular weight excluding hydrogens is 316 g/mol. The van der Waals surface area contributed by atoms with Crippen molar-refractivity contribution < 1.29 is 14.7 Å². The Bertz CT molecular complexity index is 894. The van der Waals surface area contributed by atoms with Gasteiger partial charge < -0.3 is 10.4 Å². The van der Waals surface area contributed by atoms with Gasteiger partial charge in [-0.05, 0) is 30.5 Å². The summed E-state index contributed by atoms with van der Waals surface area (Å²) in [5, 5.41) is 12.9. The van der Waals surface area contributed by atoms with Gasteiger partial charge in [0.2, 0.25) is 0 Å². The van der Waals surface area contributed by atoms with E-state index in [9.17, 15) is 14.7 Å². The lowest BCUT2D eigenvalue weighted by Gasteiger charge is -2.14. The van der Waals surface area contributed by atoms with Crippen molar-refractivity contribution in [3.8, 4) is 0 Å². The Labute approximate surface area is 145 Å². The number of hydrogen-bond donors (Lipinski definition) is 2. The van der Waals surface area contributed by atoms with E-state index in [2.05, 4.69) is 10.3 Å². The van der Waals surface area contributed by atoms with E-state index < -0.39 is 17.9 Å². The highest BCUT2D eigenvalue weighted by Gasteiger charge is 2.21. The van der Waals surface area contributed by atoms with Crippen LogP contribution in [0.1, 0.15) is 22.5 Å². The number of benzene rings is 2. The van der Waals surface area contributed by atoms with Gasteiger partial charge in [-0.15, -0.1) is 0 Å². The second kappa shape index (κ2) is 7.57. The summed E-state index contributed by atoms with van der Waals surface area (Å²) < 4.78 is 0. The highest BCUT2D eigenvalue weighted by molar-refractivity contribution is 5.96. The molecule has 2 N–H and O–H groups in total. The number of amides is 1. The molecule has 1 heterocycles. The van der Waals surface area contributed by atoms with Crippen LogP contribution in [0.15, 0.2) is 66.7 Å². The van der Waals surface area contributed by atoms with Gasteiger partial charge in [0, 0.05) is 5.39 Å². The standard InChI is InChI=1S/C20H18N2O3/c23-19(17-13-11-15-8-4-5-9-16(15)21-17)22-18(20(24)25)12-10-14-6-2-1-3-7-14/h1-9,11,13,18H,10,12H2,(H,22,23)(H,24,25)/t18-/m1/s1. The Kier molecular flexibility index (Phi) is 5.04. The van der Waals surface area contributed by atoms with E-state index in [1.807, 2.05) is 54.6 Å². The Balaban J connectivity index is 1.70. The van der Waals surface area contributed by atoms with E-state index in [0.717, 1.165) is 10.9 Å². The number of hydrogen-bond acceptors (Lipinski definition) is 3. The van der Waals surface area contributed by atoms with E-state index in [0.29, 0.717) is 18.4 Å². The number of carboxylic acid groups (broad SMARTS) is 1. The minimum absolute atomic E-state index is 0.213. The number of fused-ring (bicyclic) bond motifs is 1. The fourth-order valence-corrected chi connectivity index (χ4v) is 2.64. The van der Waals surface area contributed by atoms with E-state index in [1.165, 1.54) is 0 Å². The Morgan fingerprint density at radius 1 is 0.960 bits per heavy atom. The number of carbonyl (C=O) groups excluding carboxylic acids is 1. The number of carboxylic acids is 1. The lowest BCUT2D eigenvalue weighted by atomic mass is 10.1. The number of nitrogens with zero attached hydrogens (tertiary/aromatic N) is 1. The summed E-state index contributed by atoms with van der Waals surface area (Å²) in [5.74, 6) is -1.53. The first-order valence-electron chi connectivity index (χ1n) is 8.07. The third kappa shape index (κ3) is 4.20. The average molecular weight is 334 g/mol. The number of carbonyl (C=O) groups is 2. The largest absolute Gasteiger partial charge is 0.480 e. The van der Waals surface area contributed by atoms with Gasteiger partial charge in [0.15, 0.2) is 0 Å². The maximum absolute atomic E-state index is 12.4. The maximum Gasteiger partial charge on any atom is 0.326 e. The first-order chi connectivity index (χ1) is 12.1. The molecule has 0 bridgehead atoms. The minimum atomic E-state index is -1.05. The van der Waals surface area contributed by atoms with Crippen LogP contribution in [-0.4, -0.2) is 28.0 Å². The molecule has 0 spiro atoms. The zero-order chi connectivity index (χ0) is 17.6. The molecule has 3 aromatic rings. The highest BCUT2D eigenvalue weighted by atomic mass is 16.4.